The van der Waals surface area contributed by atoms with Crippen molar-refractivity contribution in [3.05, 3.63) is 65.2 Å². The van der Waals surface area contributed by atoms with Crippen molar-refractivity contribution in [2.24, 2.45) is 4.99 Å². The van der Waals surface area contributed by atoms with Gasteiger partial charge in [0.2, 0.25) is 0 Å². The molecule has 0 bridgehead atoms. The number of rotatable bonds is 2. The summed E-state index contributed by atoms with van der Waals surface area (Å²) in [5.41, 5.74) is 6.11. The molecule has 1 aliphatic heterocycles. The Hall–Kier alpha value is -1.19. The Bertz CT molecular complexity index is 878. The van der Waals surface area contributed by atoms with Gasteiger partial charge in [0.05, 0.1) is 22.8 Å². The van der Waals surface area contributed by atoms with Gasteiger partial charge in [0.25, 0.3) is 0 Å². The van der Waals surface area contributed by atoms with Crippen molar-refractivity contribution < 1.29 is 13.1 Å². The molecule has 3 rings (SSSR count). The van der Waals surface area contributed by atoms with Crippen LogP contribution in [-0.2, 0) is 24.0 Å². The topological polar surface area (TPSA) is 38.1 Å². The van der Waals surface area contributed by atoms with Gasteiger partial charge in [-0.2, -0.15) is 0 Å². The fourth-order valence-corrected chi connectivity index (χ4v) is 2.76. The average Bonchev–Trinajstić information content (AvgIpc) is 3.11. The number of aromatic nitrogens is 2. The number of halogens is 2. The van der Waals surface area contributed by atoms with Crippen LogP contribution in [0.25, 0.3) is 5.70 Å². The summed E-state index contributed by atoms with van der Waals surface area (Å²) in [6.07, 6.45) is 2.95. The van der Waals surface area contributed by atoms with E-state index in [9.17, 15) is 0 Å². The summed E-state index contributed by atoms with van der Waals surface area (Å²) in [5.74, 6) is 0. The third-order valence-corrected chi connectivity index (χ3v) is 4.34. The first-order valence-corrected chi connectivity index (χ1v) is 12.2. The summed E-state index contributed by atoms with van der Waals surface area (Å²) in [4.78, 5) is 14.5. The maximum absolute atomic E-state index is 4.83. The summed E-state index contributed by atoms with van der Waals surface area (Å²) < 4.78 is 0. The second-order valence-electron chi connectivity index (χ2n) is 8.72. The molecule has 0 amide bonds. The molecule has 0 spiro atoms. The summed E-state index contributed by atoms with van der Waals surface area (Å²) in [6, 6.07) is 12.4. The van der Waals surface area contributed by atoms with Crippen molar-refractivity contribution in [2.75, 3.05) is 0 Å². The molecule has 0 saturated carbocycles. The van der Waals surface area contributed by atoms with E-state index in [1.807, 2.05) is 12.1 Å². The van der Waals surface area contributed by atoms with Gasteiger partial charge >= 0.3 is 33.3 Å². The van der Waals surface area contributed by atoms with Crippen LogP contribution in [-0.4, -0.2) is 15.7 Å². The first kappa shape index (κ1) is 23.1. The molecule has 152 valence electrons. The standard InChI is InChI=1S/C22H27N3.2ClH.Fe/c1-21(2,3)19-11-7-9-15(24-19)17-13-14-18(23-17)16-10-8-12-20(25-16)22(4,5)6;;;/h7-13H,14H2,1-6H3;2*1H;/q;;;+2/p-2. The zero-order chi connectivity index (χ0) is 20.9. The molecule has 0 unspecified atom stereocenters. The third kappa shape index (κ3) is 6.15. The predicted octanol–water partition coefficient (Wildman–Crippen LogP) is 6.68. The molecule has 3 nitrogen and oxygen atoms in total. The summed E-state index contributed by atoms with van der Waals surface area (Å²) in [5, 5.41) is 0. The molecule has 0 N–H and O–H groups in total. The number of allylic oxidation sites excluding steroid dienone is 1. The van der Waals surface area contributed by atoms with E-state index in [2.05, 4.69) is 71.9 Å². The first-order chi connectivity index (χ1) is 13.1. The molecule has 0 saturated heterocycles. The number of pyridine rings is 2. The van der Waals surface area contributed by atoms with E-state index in [0.29, 0.717) is 0 Å². The van der Waals surface area contributed by atoms with Crippen molar-refractivity contribution in [3.63, 3.8) is 0 Å². The average molecular weight is 460 g/mol. The fourth-order valence-electron chi connectivity index (χ4n) is 2.76. The molecule has 1 aliphatic rings. The van der Waals surface area contributed by atoms with Gasteiger partial charge in [-0.15, -0.1) is 0 Å². The minimum atomic E-state index is 0.0321. The molecule has 0 radical (unpaired) electrons. The van der Waals surface area contributed by atoms with Gasteiger partial charge in [0.1, 0.15) is 0 Å². The monoisotopic (exact) mass is 459 g/mol. The van der Waals surface area contributed by atoms with E-state index in [0.717, 1.165) is 40.6 Å². The second kappa shape index (κ2) is 9.54. The van der Waals surface area contributed by atoms with Gasteiger partial charge in [0.15, 0.2) is 0 Å². The maximum atomic E-state index is 4.83. The van der Waals surface area contributed by atoms with E-state index in [4.69, 9.17) is 35.2 Å². The number of hydrogen-bond donors (Lipinski definition) is 0. The summed E-state index contributed by atoms with van der Waals surface area (Å²) in [7, 11) is 9.53. The Morgan fingerprint density at radius 1 is 0.786 bits per heavy atom. The zero-order valence-electron chi connectivity index (χ0n) is 17.2. The van der Waals surface area contributed by atoms with Gasteiger partial charge < -0.3 is 0 Å². The molecule has 0 aromatic carbocycles. The molecule has 0 fully saturated rings. The van der Waals surface area contributed by atoms with Crippen molar-refractivity contribution in [1.82, 2.24) is 9.97 Å². The minimum absolute atomic E-state index is 0.0321. The van der Waals surface area contributed by atoms with Crippen LogP contribution in [0.15, 0.2) is 47.5 Å². The van der Waals surface area contributed by atoms with Crippen molar-refractivity contribution >= 4 is 31.6 Å². The number of hydrogen-bond acceptors (Lipinski definition) is 3. The fraction of sp³-hybridized carbons (Fsp3) is 0.409. The quantitative estimate of drug-likeness (QED) is 0.469. The predicted molar refractivity (Wildman–Crippen MR) is 117 cm³/mol. The Morgan fingerprint density at radius 3 is 1.75 bits per heavy atom. The van der Waals surface area contributed by atoms with Crippen molar-refractivity contribution in [3.8, 4) is 0 Å². The van der Waals surface area contributed by atoms with Crippen LogP contribution in [0.4, 0.5) is 0 Å². The van der Waals surface area contributed by atoms with Crippen molar-refractivity contribution in [1.29, 1.82) is 0 Å². The summed E-state index contributed by atoms with van der Waals surface area (Å²) >= 11 is 0.194. The van der Waals surface area contributed by atoms with Crippen LogP contribution in [0.1, 0.15) is 70.7 Å². The SMILES string of the molecule is CC(C)(C)c1cccc(C2=CCC(c3cccc(C(C)(C)C)n3)=N2)n1.[Cl][Fe][Cl]. The number of aliphatic imine (C=N–C) groups is 1. The Kier molecular flexibility index (Phi) is 7.87. The van der Waals surface area contributed by atoms with Gasteiger partial charge in [-0.3, -0.25) is 9.97 Å². The molecular weight excluding hydrogens is 433 g/mol. The molecular formula is C22H27Cl2FeN3. The van der Waals surface area contributed by atoms with E-state index >= 15 is 0 Å². The molecule has 2 aromatic heterocycles. The third-order valence-electron chi connectivity index (χ3n) is 4.34. The van der Waals surface area contributed by atoms with Gasteiger partial charge in [-0.05, 0) is 24.3 Å². The molecule has 0 atom stereocenters. The van der Waals surface area contributed by atoms with Crippen LogP contribution in [0.5, 0.6) is 0 Å². The normalized spacial score (nSPS) is 14.3. The van der Waals surface area contributed by atoms with Crippen LogP contribution >= 0.6 is 20.2 Å². The van der Waals surface area contributed by atoms with Crippen molar-refractivity contribution in [2.45, 2.75) is 58.8 Å². The molecule has 6 heteroatoms. The molecule has 0 aliphatic carbocycles. The Morgan fingerprint density at radius 2 is 1.25 bits per heavy atom. The molecule has 3 heterocycles. The van der Waals surface area contributed by atoms with Gasteiger partial charge in [0, 0.05) is 28.6 Å². The molecule has 28 heavy (non-hydrogen) atoms. The van der Waals surface area contributed by atoms with E-state index < -0.39 is 0 Å². The van der Waals surface area contributed by atoms with Crippen LogP contribution < -0.4 is 0 Å². The molecule has 2 aromatic rings. The van der Waals surface area contributed by atoms with E-state index in [1.54, 1.807) is 0 Å². The second-order valence-corrected chi connectivity index (χ2v) is 10.5. The van der Waals surface area contributed by atoms with E-state index in [1.165, 1.54) is 0 Å². The van der Waals surface area contributed by atoms with Crippen LogP contribution in [0.3, 0.4) is 0 Å². The summed E-state index contributed by atoms with van der Waals surface area (Å²) in [6.45, 7) is 13.1. The number of nitrogens with zero attached hydrogens (tertiary/aromatic N) is 3. The van der Waals surface area contributed by atoms with Gasteiger partial charge in [-0.25, -0.2) is 4.99 Å². The van der Waals surface area contributed by atoms with Crippen LogP contribution in [0, 0.1) is 0 Å². The Labute approximate surface area is 183 Å². The van der Waals surface area contributed by atoms with E-state index in [-0.39, 0.29) is 24.0 Å². The first-order valence-electron chi connectivity index (χ1n) is 9.15. The van der Waals surface area contributed by atoms with Crippen LogP contribution in [0.2, 0.25) is 0 Å². The van der Waals surface area contributed by atoms with Gasteiger partial charge in [-0.1, -0.05) is 59.8 Å². The zero-order valence-corrected chi connectivity index (χ0v) is 19.8. The Balaban J connectivity index is 0.000000878.